The number of hydrogen-bond donors (Lipinski definition) is 2. The number of benzene rings is 1. The molecule has 1 aromatic carbocycles. The maximum atomic E-state index is 10.9. The Morgan fingerprint density at radius 2 is 2.09 bits per heavy atom. The van der Waals surface area contributed by atoms with Crippen molar-refractivity contribution in [1.82, 2.24) is 10.2 Å². The molecule has 0 spiro atoms. The number of nitrogens with zero attached hydrogens (tertiary/aromatic N) is 1. The van der Waals surface area contributed by atoms with Gasteiger partial charge >= 0.3 is 0 Å². The Morgan fingerprint density at radius 3 is 2.86 bits per heavy atom. The Kier molecular flexibility index (Phi) is 5.11. The minimum atomic E-state index is -0.178. The number of rotatable bonds is 6. The summed E-state index contributed by atoms with van der Waals surface area (Å²) >= 11 is 0. The molecular weight excluding hydrogens is 274 g/mol. The molecule has 0 aliphatic carbocycles. The number of carbonyl (C=O) groups excluding carboxylic acids is 1. The van der Waals surface area contributed by atoms with Crippen LogP contribution in [-0.2, 0) is 11.3 Å². The van der Waals surface area contributed by atoms with Gasteiger partial charge in [0.05, 0.1) is 0 Å². The lowest BCUT2D eigenvalue weighted by Gasteiger charge is -2.46. The molecule has 2 aliphatic rings. The quantitative estimate of drug-likeness (QED) is 0.841. The molecule has 0 radical (unpaired) electrons. The van der Waals surface area contributed by atoms with E-state index in [0.29, 0.717) is 18.4 Å². The highest BCUT2D eigenvalue weighted by atomic mass is 16.1. The molecular formula is C18H27N3O. The molecule has 1 amide bonds. The fourth-order valence-corrected chi connectivity index (χ4v) is 4.08. The Bertz CT molecular complexity index is 490. The number of hydrogen-bond acceptors (Lipinski definition) is 3. The van der Waals surface area contributed by atoms with Gasteiger partial charge in [-0.15, -0.1) is 0 Å². The monoisotopic (exact) mass is 301 g/mol. The molecule has 4 nitrogen and oxygen atoms in total. The van der Waals surface area contributed by atoms with Gasteiger partial charge in [0.25, 0.3) is 0 Å². The fraction of sp³-hybridized carbons (Fsp3) is 0.611. The van der Waals surface area contributed by atoms with Crippen molar-refractivity contribution in [2.75, 3.05) is 19.6 Å². The minimum Gasteiger partial charge on any atom is -0.370 e. The minimum absolute atomic E-state index is 0.178. The summed E-state index contributed by atoms with van der Waals surface area (Å²) in [5.74, 6) is 1.31. The number of likely N-dealkylation sites (tertiary alicyclic amines) is 1. The van der Waals surface area contributed by atoms with Crippen LogP contribution < -0.4 is 11.1 Å². The highest BCUT2D eigenvalue weighted by Gasteiger charge is 2.35. The molecule has 2 saturated heterocycles. The first-order valence-corrected chi connectivity index (χ1v) is 8.48. The average Bonchev–Trinajstić information content (AvgIpc) is 2.50. The summed E-state index contributed by atoms with van der Waals surface area (Å²) in [6, 6.07) is 11.3. The van der Waals surface area contributed by atoms with Gasteiger partial charge in [0.2, 0.25) is 5.91 Å². The van der Waals surface area contributed by atoms with Crippen LogP contribution in [0.2, 0.25) is 0 Å². The predicted molar refractivity (Wildman–Crippen MR) is 88.2 cm³/mol. The normalized spacial score (nSPS) is 28.5. The molecule has 0 saturated carbocycles. The zero-order valence-corrected chi connectivity index (χ0v) is 13.2. The van der Waals surface area contributed by atoms with Crippen LogP contribution in [0.1, 0.15) is 31.2 Å². The Balaban J connectivity index is 1.54. The standard InChI is InChI=1S/C18H27N3O/c19-18(22)8-4-7-17-16-9-15(10-20-17)12-21(13-16)11-14-5-2-1-3-6-14/h1-3,5-6,15-17,20H,4,7-13H2,(H2,19,22)/t15-,16-,17+/m0/s1. The molecule has 3 N–H and O–H groups in total. The van der Waals surface area contributed by atoms with Gasteiger partial charge in [-0.25, -0.2) is 0 Å². The molecule has 3 rings (SSSR count). The van der Waals surface area contributed by atoms with E-state index in [0.717, 1.165) is 31.8 Å². The van der Waals surface area contributed by atoms with Crippen LogP contribution in [0.25, 0.3) is 0 Å². The van der Waals surface area contributed by atoms with Crippen molar-refractivity contribution in [3.63, 3.8) is 0 Å². The van der Waals surface area contributed by atoms with E-state index in [-0.39, 0.29) is 5.91 Å². The van der Waals surface area contributed by atoms with Gasteiger partial charge in [0.1, 0.15) is 0 Å². The number of fused-ring (bicyclic) bond motifs is 2. The largest absolute Gasteiger partial charge is 0.370 e. The third-order valence-corrected chi connectivity index (χ3v) is 5.07. The van der Waals surface area contributed by atoms with Gasteiger partial charge in [-0.2, -0.15) is 0 Å². The topological polar surface area (TPSA) is 58.4 Å². The predicted octanol–water partition coefficient (Wildman–Crippen LogP) is 1.75. The first kappa shape index (κ1) is 15.5. The maximum Gasteiger partial charge on any atom is 0.217 e. The molecule has 2 fully saturated rings. The Hall–Kier alpha value is -1.39. The number of piperidine rings is 2. The van der Waals surface area contributed by atoms with E-state index < -0.39 is 0 Å². The third-order valence-electron chi connectivity index (χ3n) is 5.07. The van der Waals surface area contributed by atoms with E-state index in [4.69, 9.17) is 5.73 Å². The van der Waals surface area contributed by atoms with Crippen molar-refractivity contribution in [2.45, 2.75) is 38.3 Å². The molecule has 4 heteroatoms. The van der Waals surface area contributed by atoms with Gasteiger partial charge in [-0.1, -0.05) is 30.3 Å². The van der Waals surface area contributed by atoms with Gasteiger partial charge in [0, 0.05) is 32.1 Å². The Morgan fingerprint density at radius 1 is 1.27 bits per heavy atom. The molecule has 0 unspecified atom stereocenters. The van der Waals surface area contributed by atoms with Crippen LogP contribution in [0, 0.1) is 11.8 Å². The second-order valence-corrected chi connectivity index (χ2v) is 6.91. The highest BCUT2D eigenvalue weighted by molar-refractivity contribution is 5.73. The number of nitrogens with one attached hydrogen (secondary N) is 1. The van der Waals surface area contributed by atoms with Crippen molar-refractivity contribution in [3.05, 3.63) is 35.9 Å². The van der Waals surface area contributed by atoms with Crippen molar-refractivity contribution >= 4 is 5.91 Å². The van der Waals surface area contributed by atoms with Crippen molar-refractivity contribution < 1.29 is 4.79 Å². The molecule has 120 valence electrons. The summed E-state index contributed by atoms with van der Waals surface area (Å²) in [7, 11) is 0. The molecule has 0 aromatic heterocycles. The summed E-state index contributed by atoms with van der Waals surface area (Å²) < 4.78 is 0. The molecule has 2 heterocycles. The van der Waals surface area contributed by atoms with E-state index in [2.05, 4.69) is 40.5 Å². The summed E-state index contributed by atoms with van der Waals surface area (Å²) in [6.45, 7) is 4.54. The summed E-state index contributed by atoms with van der Waals surface area (Å²) in [5.41, 5.74) is 6.65. The zero-order valence-electron chi connectivity index (χ0n) is 13.2. The molecule has 2 aliphatic heterocycles. The second kappa shape index (κ2) is 7.25. The summed E-state index contributed by atoms with van der Waals surface area (Å²) in [6.07, 6.45) is 3.83. The summed E-state index contributed by atoms with van der Waals surface area (Å²) in [4.78, 5) is 13.5. The van der Waals surface area contributed by atoms with Crippen LogP contribution in [0.4, 0.5) is 0 Å². The first-order valence-electron chi connectivity index (χ1n) is 8.48. The third kappa shape index (κ3) is 4.08. The maximum absolute atomic E-state index is 10.9. The number of carbonyl (C=O) groups is 1. The Labute approximate surface area is 133 Å². The second-order valence-electron chi connectivity index (χ2n) is 6.91. The molecule has 2 bridgehead atoms. The number of primary amides is 1. The van der Waals surface area contributed by atoms with Crippen LogP contribution in [0.15, 0.2) is 30.3 Å². The smallest absolute Gasteiger partial charge is 0.217 e. The lowest BCUT2D eigenvalue weighted by molar-refractivity contribution is -0.118. The average molecular weight is 301 g/mol. The van der Waals surface area contributed by atoms with Crippen LogP contribution >= 0.6 is 0 Å². The summed E-state index contributed by atoms with van der Waals surface area (Å²) in [5, 5.41) is 3.70. The molecule has 3 atom stereocenters. The molecule has 1 aromatic rings. The van der Waals surface area contributed by atoms with E-state index in [9.17, 15) is 4.79 Å². The molecule has 22 heavy (non-hydrogen) atoms. The SMILES string of the molecule is NC(=O)CCC[C@H]1NC[C@@H]2C[C@H]1CN(Cc1ccccc1)C2. The van der Waals surface area contributed by atoms with E-state index in [1.54, 1.807) is 0 Å². The lowest BCUT2D eigenvalue weighted by atomic mass is 9.79. The van der Waals surface area contributed by atoms with Crippen LogP contribution in [0.3, 0.4) is 0 Å². The van der Waals surface area contributed by atoms with E-state index in [1.165, 1.54) is 25.1 Å². The zero-order chi connectivity index (χ0) is 15.4. The fourth-order valence-electron chi connectivity index (χ4n) is 4.08. The van der Waals surface area contributed by atoms with Gasteiger partial charge in [-0.3, -0.25) is 9.69 Å². The van der Waals surface area contributed by atoms with Gasteiger partial charge in [-0.05, 0) is 43.2 Å². The van der Waals surface area contributed by atoms with E-state index in [1.807, 2.05) is 0 Å². The first-order chi connectivity index (χ1) is 10.7. The number of amides is 1. The van der Waals surface area contributed by atoms with Gasteiger partial charge < -0.3 is 11.1 Å². The van der Waals surface area contributed by atoms with Gasteiger partial charge in [0.15, 0.2) is 0 Å². The highest BCUT2D eigenvalue weighted by Crippen LogP contribution is 2.31. The van der Waals surface area contributed by atoms with Crippen molar-refractivity contribution in [3.8, 4) is 0 Å². The van der Waals surface area contributed by atoms with Crippen molar-refractivity contribution in [1.29, 1.82) is 0 Å². The van der Waals surface area contributed by atoms with Crippen LogP contribution in [0.5, 0.6) is 0 Å². The number of nitrogens with two attached hydrogens (primary N) is 1. The van der Waals surface area contributed by atoms with Crippen molar-refractivity contribution in [2.24, 2.45) is 17.6 Å². The van der Waals surface area contributed by atoms with E-state index >= 15 is 0 Å². The lowest BCUT2D eigenvalue weighted by Crippen LogP contribution is -2.55. The van der Waals surface area contributed by atoms with Crippen LogP contribution in [-0.4, -0.2) is 36.5 Å².